The van der Waals surface area contributed by atoms with Gasteiger partial charge in [-0.2, -0.15) is 0 Å². The standard InChI is InChI=1S/C54H70F3N7O9Si/c1-31(70-3)37(30-48(66)72-5)52(67)62-19-9-11-45(62)47(65)26-33-13-15-36(38(55)25-33)44-18-17-43(64(44)35-28-39(56)50(40(57)29-35)61-21-23-74(7,8)24-22-61)34-14-16-41-42(27-34)59-51(58-41)46-12-10-20-63(46)53(68)49(32(2)71-4)60-54(69)73-6/h13-16,25,27-29,31-32,37,43-46,49H,9-12,17-24,26,30H2,1-8H3,(H,58,59)(H,60,69)/t31-,32-,37+,43-,44-,45+,46+,49+/m1/s1. The molecule has 16 nitrogen and oxygen atoms in total. The van der Waals surface area contributed by atoms with Crippen LogP contribution in [0.4, 0.5) is 29.3 Å². The van der Waals surface area contributed by atoms with Crippen molar-refractivity contribution in [2.24, 2.45) is 5.92 Å². The molecule has 4 saturated heterocycles. The maximum absolute atomic E-state index is 16.8. The van der Waals surface area contributed by atoms with E-state index < -0.39 is 85.9 Å². The lowest BCUT2D eigenvalue weighted by Gasteiger charge is -2.38. The van der Waals surface area contributed by atoms with Gasteiger partial charge >= 0.3 is 12.1 Å². The highest BCUT2D eigenvalue weighted by Gasteiger charge is 2.43. The number of ether oxygens (including phenoxy) is 4. The van der Waals surface area contributed by atoms with E-state index in [1.54, 1.807) is 35.8 Å². The highest BCUT2D eigenvalue weighted by molar-refractivity contribution is 6.77. The van der Waals surface area contributed by atoms with Crippen molar-refractivity contribution < 1.29 is 56.1 Å². The lowest BCUT2D eigenvalue weighted by atomic mass is 9.95. The number of amides is 3. The second kappa shape index (κ2) is 22.9. The molecule has 0 aliphatic carbocycles. The molecule has 4 fully saturated rings. The summed E-state index contributed by atoms with van der Waals surface area (Å²) in [6.45, 7) is 9.86. The number of hydrogen-bond acceptors (Lipinski definition) is 12. The number of carbonyl (C=O) groups is 5. The molecule has 8 atom stereocenters. The van der Waals surface area contributed by atoms with Gasteiger partial charge in [0.15, 0.2) is 17.4 Å². The van der Waals surface area contributed by atoms with Gasteiger partial charge in [-0.1, -0.05) is 31.3 Å². The number of aromatic amines is 1. The Morgan fingerprint density at radius 2 is 1.43 bits per heavy atom. The Bertz CT molecular complexity index is 2710. The molecule has 0 radical (unpaired) electrons. The Kier molecular flexibility index (Phi) is 16.8. The number of halogens is 3. The van der Waals surface area contributed by atoms with Crippen LogP contribution in [-0.4, -0.2) is 136 Å². The van der Waals surface area contributed by atoms with Crippen molar-refractivity contribution >= 4 is 60.1 Å². The largest absolute Gasteiger partial charge is 0.469 e. The minimum Gasteiger partial charge on any atom is -0.469 e. The summed E-state index contributed by atoms with van der Waals surface area (Å²) in [5.41, 5.74) is 3.02. The number of esters is 1. The van der Waals surface area contributed by atoms with Crippen LogP contribution < -0.4 is 15.1 Å². The minimum atomic E-state index is -1.46. The SMILES string of the molecule is COC(=O)C[C@H](C(=O)N1CCC[C@H]1C(=O)Cc1ccc([C@H]2CC[C@H](c3ccc4nc([C@@H]5CCCN5C(=O)[C@@H](NC(=O)OC)[C@@H](C)OC)[nH]c4c3)N2c2cc(F)c(N3CC[Si](C)(C)CC3)c(F)c2)c(F)c1)[C@@H](C)OC. The minimum absolute atomic E-state index is 0.0598. The highest BCUT2D eigenvalue weighted by Crippen LogP contribution is 2.49. The number of ketones is 1. The van der Waals surface area contributed by atoms with Gasteiger partial charge in [0, 0.05) is 58.1 Å². The maximum Gasteiger partial charge on any atom is 0.407 e. The van der Waals surface area contributed by atoms with Crippen molar-refractivity contribution in [1.82, 2.24) is 25.1 Å². The molecule has 0 unspecified atom stereocenters. The predicted molar refractivity (Wildman–Crippen MR) is 275 cm³/mol. The van der Waals surface area contributed by atoms with E-state index in [-0.39, 0.29) is 41.8 Å². The van der Waals surface area contributed by atoms with E-state index in [0.29, 0.717) is 92.7 Å². The summed E-state index contributed by atoms with van der Waals surface area (Å²) in [6, 6.07) is 11.6. The Hall–Kier alpha value is -5.99. The van der Waals surface area contributed by atoms with Gasteiger partial charge in [0.2, 0.25) is 11.8 Å². The Morgan fingerprint density at radius 3 is 2.09 bits per heavy atom. The number of hydrogen-bond donors (Lipinski definition) is 2. The van der Waals surface area contributed by atoms with Crippen LogP contribution in [0.3, 0.4) is 0 Å². The molecule has 20 heteroatoms. The summed E-state index contributed by atoms with van der Waals surface area (Å²) >= 11 is 0. The van der Waals surface area contributed by atoms with Gasteiger partial charge in [-0.15, -0.1) is 0 Å². The molecule has 4 aliphatic heterocycles. The molecule has 3 aromatic carbocycles. The predicted octanol–water partition coefficient (Wildman–Crippen LogP) is 8.33. The van der Waals surface area contributed by atoms with Crippen LogP contribution in [-0.2, 0) is 44.5 Å². The molecule has 3 amide bonds. The summed E-state index contributed by atoms with van der Waals surface area (Å²) in [5, 5.41) is 2.61. The van der Waals surface area contributed by atoms with E-state index in [1.165, 1.54) is 51.5 Å². The number of carbonyl (C=O) groups excluding carboxylic acids is 5. The monoisotopic (exact) mass is 1050 g/mol. The molecule has 0 bridgehead atoms. The van der Waals surface area contributed by atoms with E-state index in [9.17, 15) is 24.0 Å². The molecule has 1 aromatic heterocycles. The van der Waals surface area contributed by atoms with Gasteiger partial charge < -0.3 is 48.8 Å². The quantitative estimate of drug-likeness (QED) is 0.0765. The fourth-order valence-electron chi connectivity index (χ4n) is 11.5. The molecule has 2 N–H and O–H groups in total. The summed E-state index contributed by atoms with van der Waals surface area (Å²) in [5.74, 6) is -3.80. The zero-order chi connectivity index (χ0) is 53.2. The number of rotatable bonds is 17. The second-order valence-corrected chi connectivity index (χ2v) is 26.4. The molecule has 0 saturated carbocycles. The number of Topliss-reactive ketones (excluding diaryl/α,β-unsaturated/α-hetero) is 1. The van der Waals surface area contributed by atoms with E-state index in [0.717, 1.165) is 17.7 Å². The second-order valence-electron chi connectivity index (χ2n) is 21.1. The normalized spacial score (nSPS) is 22.4. The first-order valence-electron chi connectivity index (χ1n) is 25.8. The third-order valence-electron chi connectivity index (χ3n) is 16.0. The molecule has 0 spiro atoms. The number of methoxy groups -OCH3 is 4. The molecular weight excluding hydrogens is 976 g/mol. The number of H-pyrrole nitrogens is 1. The summed E-state index contributed by atoms with van der Waals surface area (Å²) in [7, 11) is 3.92. The first-order chi connectivity index (χ1) is 35.4. The fraction of sp³-hybridized carbons (Fsp3) is 0.556. The molecular formula is C54H70F3N7O9Si. The number of nitrogens with zero attached hydrogens (tertiary/aromatic N) is 5. The number of benzene rings is 3. The highest BCUT2D eigenvalue weighted by atomic mass is 28.3. The van der Waals surface area contributed by atoms with Crippen molar-refractivity contribution in [1.29, 1.82) is 0 Å². The molecule has 5 heterocycles. The zero-order valence-corrected chi connectivity index (χ0v) is 44.7. The smallest absolute Gasteiger partial charge is 0.407 e. The van der Waals surface area contributed by atoms with Crippen LogP contribution in [0, 0.1) is 23.4 Å². The third kappa shape index (κ3) is 11.3. The van der Waals surface area contributed by atoms with Crippen LogP contribution in [0.1, 0.15) is 99.4 Å². The number of alkyl carbamates (subject to hydrolysis) is 1. The Balaban J connectivity index is 1.08. The number of anilines is 2. The number of aromatic nitrogens is 2. The first kappa shape index (κ1) is 54.3. The Labute approximate surface area is 431 Å². The number of imidazole rings is 1. The molecule has 8 rings (SSSR count). The van der Waals surface area contributed by atoms with Gasteiger partial charge in [0.1, 0.15) is 23.4 Å². The van der Waals surface area contributed by atoms with Crippen LogP contribution in [0.5, 0.6) is 0 Å². The number of fused-ring (bicyclic) bond motifs is 1. The third-order valence-corrected chi connectivity index (χ3v) is 19.2. The summed E-state index contributed by atoms with van der Waals surface area (Å²) in [6.07, 6.45) is 0.894. The van der Waals surface area contributed by atoms with Crippen molar-refractivity contribution in [3.8, 4) is 0 Å². The van der Waals surface area contributed by atoms with Gasteiger partial charge in [-0.25, -0.2) is 22.9 Å². The fourth-order valence-corrected chi connectivity index (χ4v) is 13.5. The van der Waals surface area contributed by atoms with Gasteiger partial charge in [0.25, 0.3) is 0 Å². The van der Waals surface area contributed by atoms with Crippen LogP contribution >= 0.6 is 0 Å². The van der Waals surface area contributed by atoms with Gasteiger partial charge in [-0.3, -0.25) is 19.2 Å². The van der Waals surface area contributed by atoms with E-state index in [4.69, 9.17) is 23.9 Å². The van der Waals surface area contributed by atoms with Gasteiger partial charge in [0.05, 0.1) is 82.0 Å². The average Bonchev–Trinajstić information content (AvgIpc) is 4.23. The lowest BCUT2D eigenvalue weighted by Crippen LogP contribution is -2.54. The van der Waals surface area contributed by atoms with Crippen molar-refractivity contribution in [2.75, 3.05) is 64.4 Å². The maximum atomic E-state index is 16.8. The Morgan fingerprint density at radius 1 is 0.757 bits per heavy atom. The zero-order valence-electron chi connectivity index (χ0n) is 43.7. The van der Waals surface area contributed by atoms with E-state index in [2.05, 4.69) is 23.4 Å². The molecule has 400 valence electrons. The molecule has 4 aliphatic rings. The summed E-state index contributed by atoms with van der Waals surface area (Å²) in [4.78, 5) is 81.5. The average molecular weight is 1050 g/mol. The van der Waals surface area contributed by atoms with E-state index in [1.807, 2.05) is 23.1 Å². The van der Waals surface area contributed by atoms with Crippen LogP contribution in [0.25, 0.3) is 11.0 Å². The first-order valence-corrected chi connectivity index (χ1v) is 29.2. The van der Waals surface area contributed by atoms with Crippen LogP contribution in [0.2, 0.25) is 25.2 Å². The van der Waals surface area contributed by atoms with Gasteiger partial charge in [-0.05, 0) is 106 Å². The summed E-state index contributed by atoms with van der Waals surface area (Å²) < 4.78 is 70.4. The van der Waals surface area contributed by atoms with Crippen molar-refractivity contribution in [3.05, 3.63) is 88.5 Å². The topological polar surface area (TPSA) is 176 Å². The number of likely N-dealkylation sites (tertiary alicyclic amines) is 2. The molecule has 4 aromatic rings. The van der Waals surface area contributed by atoms with E-state index >= 15 is 13.2 Å². The van der Waals surface area contributed by atoms with Crippen molar-refractivity contribution in [2.45, 2.75) is 133 Å². The molecule has 74 heavy (non-hydrogen) atoms. The van der Waals surface area contributed by atoms with Crippen molar-refractivity contribution in [3.63, 3.8) is 0 Å². The lowest BCUT2D eigenvalue weighted by molar-refractivity contribution is -0.151. The van der Waals surface area contributed by atoms with Crippen LogP contribution in [0.15, 0.2) is 48.5 Å². The number of nitrogens with one attached hydrogen (secondary N) is 2.